The molecule has 1 unspecified atom stereocenters. The first kappa shape index (κ1) is 19.7. The Hall–Kier alpha value is -2.05. The minimum Gasteiger partial charge on any atom is -0.327 e. The minimum absolute atomic E-state index is 0.121. The van der Waals surface area contributed by atoms with Crippen molar-refractivity contribution >= 4 is 27.5 Å². The summed E-state index contributed by atoms with van der Waals surface area (Å²) in [4.78, 5) is 15.4. The molecule has 1 atom stereocenters. The van der Waals surface area contributed by atoms with Gasteiger partial charge in [-0.2, -0.15) is 11.8 Å². The van der Waals surface area contributed by atoms with Gasteiger partial charge in [0.25, 0.3) is 5.91 Å². The lowest BCUT2D eigenvalue weighted by Crippen LogP contribution is -2.38. The molecule has 0 saturated carbocycles. The molecule has 3 rings (SSSR count). The van der Waals surface area contributed by atoms with Crippen LogP contribution in [0.2, 0.25) is 0 Å². The first-order valence-corrected chi connectivity index (χ1v) is 11.7. The number of nitrogens with zero attached hydrogens (tertiary/aromatic N) is 1. The molecule has 4 nitrogen and oxygen atoms in total. The third-order valence-electron chi connectivity index (χ3n) is 4.88. The second-order valence-corrected chi connectivity index (χ2v) is 9.48. The van der Waals surface area contributed by atoms with E-state index in [0.717, 1.165) is 17.7 Å². The number of sulfone groups is 1. The number of carbonyl (C=O) groups excluding carboxylic acids is 1. The van der Waals surface area contributed by atoms with Crippen molar-refractivity contribution in [3.05, 3.63) is 76.7 Å². The molecule has 0 spiro atoms. The fourth-order valence-corrected chi connectivity index (χ4v) is 5.54. The molecule has 0 aliphatic carbocycles. The molecule has 0 radical (unpaired) electrons. The number of benzene rings is 2. The summed E-state index contributed by atoms with van der Waals surface area (Å²) in [5, 5.41) is 0. The number of hydrogen-bond donors (Lipinski definition) is 0. The topological polar surface area (TPSA) is 54.5 Å². The zero-order valence-corrected chi connectivity index (χ0v) is 17.1. The highest BCUT2D eigenvalue weighted by Crippen LogP contribution is 2.34. The Labute approximate surface area is 165 Å². The maximum atomic E-state index is 13.2. The van der Waals surface area contributed by atoms with Crippen LogP contribution in [0.5, 0.6) is 0 Å². The van der Waals surface area contributed by atoms with E-state index < -0.39 is 9.84 Å². The maximum Gasteiger partial charge on any atom is 0.254 e. The number of rotatable bonds is 6. The van der Waals surface area contributed by atoms with Crippen LogP contribution in [0.25, 0.3) is 0 Å². The highest BCUT2D eigenvalue weighted by Gasteiger charge is 2.39. The molecule has 0 saturated heterocycles. The monoisotopic (exact) mass is 401 g/mol. The lowest BCUT2D eigenvalue weighted by Gasteiger charge is -2.26. The Morgan fingerprint density at radius 3 is 2.26 bits per heavy atom. The van der Waals surface area contributed by atoms with E-state index in [9.17, 15) is 13.2 Å². The maximum absolute atomic E-state index is 13.2. The number of carbonyl (C=O) groups is 1. The van der Waals surface area contributed by atoms with Gasteiger partial charge in [-0.05, 0) is 55.2 Å². The molecular weight excluding hydrogens is 378 g/mol. The number of amides is 1. The van der Waals surface area contributed by atoms with Crippen molar-refractivity contribution in [2.75, 3.05) is 18.6 Å². The summed E-state index contributed by atoms with van der Waals surface area (Å²) in [7, 11) is -3.62. The molecule has 0 bridgehead atoms. The Balaban J connectivity index is 1.98. The van der Waals surface area contributed by atoms with E-state index in [1.54, 1.807) is 59.1 Å². The van der Waals surface area contributed by atoms with Crippen molar-refractivity contribution in [3.8, 4) is 0 Å². The average molecular weight is 402 g/mol. The molecule has 1 heterocycles. The quantitative estimate of drug-likeness (QED) is 0.734. The molecule has 0 N–H and O–H groups in total. The van der Waals surface area contributed by atoms with Crippen LogP contribution in [0.1, 0.15) is 23.7 Å². The lowest BCUT2D eigenvalue weighted by molar-refractivity contribution is 0.0742. The van der Waals surface area contributed by atoms with Gasteiger partial charge in [0.05, 0.1) is 22.4 Å². The SMILES string of the molecule is CSCCC1C(C)=C(S(=O)(=O)c2ccccc2)CN1C(=O)c1ccccc1. The van der Waals surface area contributed by atoms with Gasteiger partial charge >= 0.3 is 0 Å². The van der Waals surface area contributed by atoms with E-state index in [4.69, 9.17) is 0 Å². The third kappa shape index (κ3) is 3.96. The van der Waals surface area contributed by atoms with E-state index >= 15 is 0 Å². The van der Waals surface area contributed by atoms with Gasteiger partial charge in [-0.1, -0.05) is 36.4 Å². The van der Waals surface area contributed by atoms with Gasteiger partial charge in [0.1, 0.15) is 0 Å². The average Bonchev–Trinajstić information content (AvgIpc) is 3.04. The molecule has 6 heteroatoms. The van der Waals surface area contributed by atoms with Gasteiger partial charge < -0.3 is 4.90 Å². The van der Waals surface area contributed by atoms with Crippen LogP contribution in [0, 0.1) is 0 Å². The molecule has 27 heavy (non-hydrogen) atoms. The summed E-state index contributed by atoms with van der Waals surface area (Å²) in [6.45, 7) is 1.97. The molecule has 1 aliphatic heterocycles. The summed E-state index contributed by atoms with van der Waals surface area (Å²) < 4.78 is 26.3. The van der Waals surface area contributed by atoms with Crippen molar-refractivity contribution in [1.29, 1.82) is 0 Å². The second-order valence-electron chi connectivity index (χ2n) is 6.52. The largest absolute Gasteiger partial charge is 0.327 e. The van der Waals surface area contributed by atoms with E-state index in [1.807, 2.05) is 31.4 Å². The first-order valence-electron chi connectivity index (χ1n) is 8.81. The Morgan fingerprint density at radius 1 is 1.07 bits per heavy atom. The molecule has 0 fully saturated rings. The van der Waals surface area contributed by atoms with Crippen LogP contribution in [0.15, 0.2) is 76.0 Å². The lowest BCUT2D eigenvalue weighted by atomic mass is 10.1. The fraction of sp³-hybridized carbons (Fsp3) is 0.286. The minimum atomic E-state index is -3.62. The Kier molecular flexibility index (Phi) is 6.07. The molecule has 1 aliphatic rings. The summed E-state index contributed by atoms with van der Waals surface area (Å²) in [6.07, 6.45) is 2.75. The Bertz CT molecular complexity index is 938. The molecular formula is C21H23NO3S2. The predicted molar refractivity (Wildman–Crippen MR) is 111 cm³/mol. The zero-order chi connectivity index (χ0) is 19.4. The van der Waals surface area contributed by atoms with Crippen molar-refractivity contribution in [3.63, 3.8) is 0 Å². The third-order valence-corrected chi connectivity index (χ3v) is 7.52. The van der Waals surface area contributed by atoms with Gasteiger partial charge in [-0.25, -0.2) is 8.42 Å². The van der Waals surface area contributed by atoms with Gasteiger partial charge in [0.15, 0.2) is 0 Å². The van der Waals surface area contributed by atoms with E-state index in [1.165, 1.54) is 0 Å². The van der Waals surface area contributed by atoms with Crippen LogP contribution >= 0.6 is 11.8 Å². The van der Waals surface area contributed by atoms with Crippen molar-refractivity contribution < 1.29 is 13.2 Å². The molecule has 1 amide bonds. The highest BCUT2D eigenvalue weighted by molar-refractivity contribution is 7.98. The Morgan fingerprint density at radius 2 is 1.67 bits per heavy atom. The molecule has 0 aromatic heterocycles. The van der Waals surface area contributed by atoms with Crippen LogP contribution < -0.4 is 0 Å². The number of hydrogen-bond acceptors (Lipinski definition) is 4. The van der Waals surface area contributed by atoms with Gasteiger partial charge in [-0.3, -0.25) is 4.79 Å². The molecule has 2 aromatic rings. The summed E-state index contributed by atoms with van der Waals surface area (Å²) in [5.41, 5.74) is 1.36. The molecule has 142 valence electrons. The van der Waals surface area contributed by atoms with E-state index in [0.29, 0.717) is 10.5 Å². The normalized spacial score (nSPS) is 17.4. The van der Waals surface area contributed by atoms with Gasteiger partial charge in [0, 0.05) is 5.56 Å². The van der Waals surface area contributed by atoms with Crippen molar-refractivity contribution in [1.82, 2.24) is 4.90 Å². The zero-order valence-electron chi connectivity index (χ0n) is 15.5. The second kappa shape index (κ2) is 8.31. The fourth-order valence-electron chi connectivity index (χ4n) is 3.41. The van der Waals surface area contributed by atoms with Crippen LogP contribution in [0.3, 0.4) is 0 Å². The van der Waals surface area contributed by atoms with Gasteiger partial charge in [-0.15, -0.1) is 0 Å². The summed E-state index contributed by atoms with van der Waals surface area (Å²) in [6, 6.07) is 17.3. The van der Waals surface area contributed by atoms with Crippen molar-refractivity contribution in [2.24, 2.45) is 0 Å². The smallest absolute Gasteiger partial charge is 0.254 e. The predicted octanol–water partition coefficient (Wildman–Crippen LogP) is 4.01. The molecule has 2 aromatic carbocycles. The standard InChI is InChI=1S/C21H23NO3S2/c1-16-19(13-14-26-2)22(21(23)17-9-5-3-6-10-17)15-20(16)27(24,25)18-11-7-4-8-12-18/h3-12,19H,13-15H2,1-2H3. The van der Waals surface area contributed by atoms with Crippen LogP contribution in [-0.4, -0.2) is 43.8 Å². The summed E-state index contributed by atoms with van der Waals surface area (Å²) in [5.74, 6) is 0.735. The number of thioether (sulfide) groups is 1. The first-order chi connectivity index (χ1) is 13.0. The van der Waals surface area contributed by atoms with E-state index in [2.05, 4.69) is 0 Å². The van der Waals surface area contributed by atoms with Crippen LogP contribution in [-0.2, 0) is 9.84 Å². The highest BCUT2D eigenvalue weighted by atomic mass is 32.2. The van der Waals surface area contributed by atoms with Crippen molar-refractivity contribution in [2.45, 2.75) is 24.3 Å². The van der Waals surface area contributed by atoms with Gasteiger partial charge in [0.2, 0.25) is 9.84 Å². The van der Waals surface area contributed by atoms with Crippen LogP contribution in [0.4, 0.5) is 0 Å². The van der Waals surface area contributed by atoms with E-state index in [-0.39, 0.29) is 23.4 Å². The summed E-state index contributed by atoms with van der Waals surface area (Å²) >= 11 is 1.70.